The number of amides is 2. The lowest BCUT2D eigenvalue weighted by atomic mass is 10.1. The van der Waals surface area contributed by atoms with Crippen LogP contribution >= 0.6 is 0 Å². The summed E-state index contributed by atoms with van der Waals surface area (Å²) in [6, 6.07) is 14.7. The summed E-state index contributed by atoms with van der Waals surface area (Å²) in [7, 11) is 0. The van der Waals surface area contributed by atoms with E-state index in [1.54, 1.807) is 25.3 Å². The number of nitrogens with one attached hydrogen (secondary N) is 2. The van der Waals surface area contributed by atoms with Gasteiger partial charge >= 0.3 is 0 Å². The normalized spacial score (nSPS) is 11.8. The summed E-state index contributed by atoms with van der Waals surface area (Å²) in [6.45, 7) is 3.47. The molecular weight excluding hydrogens is 340 g/mol. The van der Waals surface area contributed by atoms with Gasteiger partial charge in [0.2, 0.25) is 11.8 Å². The van der Waals surface area contributed by atoms with Crippen LogP contribution in [-0.4, -0.2) is 27.8 Å². The SMILES string of the molecule is Cc1ncccc1NC(=O)[C@H](C)NC(=O)CCc1ccc2ccccc2n1. The van der Waals surface area contributed by atoms with Gasteiger partial charge < -0.3 is 10.6 Å². The maximum atomic E-state index is 12.3. The second kappa shape index (κ2) is 8.40. The van der Waals surface area contributed by atoms with Gasteiger partial charge in [0.15, 0.2) is 0 Å². The lowest BCUT2D eigenvalue weighted by Crippen LogP contribution is -2.41. The molecule has 6 heteroatoms. The van der Waals surface area contributed by atoms with Gasteiger partial charge in [0, 0.05) is 23.7 Å². The number of hydrogen-bond acceptors (Lipinski definition) is 4. The number of carbonyl (C=O) groups excluding carboxylic acids is 2. The summed E-state index contributed by atoms with van der Waals surface area (Å²) in [4.78, 5) is 33.1. The van der Waals surface area contributed by atoms with Crippen molar-refractivity contribution in [2.45, 2.75) is 32.7 Å². The quantitative estimate of drug-likeness (QED) is 0.706. The molecule has 2 N–H and O–H groups in total. The molecule has 6 nitrogen and oxygen atoms in total. The Morgan fingerprint density at radius 2 is 1.89 bits per heavy atom. The van der Waals surface area contributed by atoms with Crippen molar-refractivity contribution >= 4 is 28.4 Å². The fraction of sp³-hybridized carbons (Fsp3) is 0.238. The number of aryl methyl sites for hydroxylation is 2. The molecule has 0 bridgehead atoms. The van der Waals surface area contributed by atoms with Gasteiger partial charge in [-0.15, -0.1) is 0 Å². The number of hydrogen-bond donors (Lipinski definition) is 2. The van der Waals surface area contributed by atoms with E-state index < -0.39 is 6.04 Å². The van der Waals surface area contributed by atoms with Gasteiger partial charge in [-0.2, -0.15) is 0 Å². The molecule has 2 heterocycles. The Bertz CT molecular complexity index is 971. The fourth-order valence-corrected chi connectivity index (χ4v) is 2.73. The number of para-hydroxylation sites is 1. The van der Waals surface area contributed by atoms with Crippen LogP contribution in [0.25, 0.3) is 10.9 Å². The van der Waals surface area contributed by atoms with E-state index >= 15 is 0 Å². The Hall–Kier alpha value is -3.28. The lowest BCUT2D eigenvalue weighted by Gasteiger charge is -2.15. The highest BCUT2D eigenvalue weighted by molar-refractivity contribution is 5.97. The summed E-state index contributed by atoms with van der Waals surface area (Å²) < 4.78 is 0. The van der Waals surface area contributed by atoms with Crippen LogP contribution in [0, 0.1) is 6.92 Å². The number of pyridine rings is 2. The van der Waals surface area contributed by atoms with E-state index in [1.165, 1.54) is 0 Å². The largest absolute Gasteiger partial charge is 0.345 e. The molecule has 0 fully saturated rings. The first-order chi connectivity index (χ1) is 13.0. The number of rotatable bonds is 6. The molecule has 0 aliphatic heterocycles. The van der Waals surface area contributed by atoms with Crippen molar-refractivity contribution in [3.05, 3.63) is 66.1 Å². The van der Waals surface area contributed by atoms with E-state index in [2.05, 4.69) is 20.6 Å². The first kappa shape index (κ1) is 18.5. The predicted octanol–water partition coefficient (Wildman–Crippen LogP) is 3.01. The Balaban J connectivity index is 1.52. The molecule has 2 amide bonds. The molecule has 138 valence electrons. The van der Waals surface area contributed by atoms with Crippen LogP contribution in [0.5, 0.6) is 0 Å². The number of anilines is 1. The molecular formula is C21H22N4O2. The van der Waals surface area contributed by atoms with Crippen LogP contribution in [-0.2, 0) is 16.0 Å². The Morgan fingerprint density at radius 3 is 2.70 bits per heavy atom. The van der Waals surface area contributed by atoms with Crippen LogP contribution in [0.2, 0.25) is 0 Å². The topological polar surface area (TPSA) is 84.0 Å². The second-order valence-corrected chi connectivity index (χ2v) is 6.41. The van der Waals surface area contributed by atoms with Gasteiger partial charge in [-0.05, 0) is 44.5 Å². The highest BCUT2D eigenvalue weighted by Gasteiger charge is 2.16. The average Bonchev–Trinajstić information content (AvgIpc) is 2.68. The van der Waals surface area contributed by atoms with Crippen LogP contribution < -0.4 is 10.6 Å². The third-order valence-electron chi connectivity index (χ3n) is 4.30. The van der Waals surface area contributed by atoms with Gasteiger partial charge in [-0.25, -0.2) is 0 Å². The first-order valence-corrected chi connectivity index (χ1v) is 8.89. The third kappa shape index (κ3) is 4.88. The minimum Gasteiger partial charge on any atom is -0.345 e. The zero-order valence-corrected chi connectivity index (χ0v) is 15.4. The van der Waals surface area contributed by atoms with E-state index in [1.807, 2.05) is 43.3 Å². The maximum absolute atomic E-state index is 12.3. The molecule has 0 aliphatic rings. The second-order valence-electron chi connectivity index (χ2n) is 6.41. The molecule has 1 atom stereocenters. The number of carbonyl (C=O) groups is 2. The highest BCUT2D eigenvalue weighted by atomic mass is 16.2. The summed E-state index contributed by atoms with van der Waals surface area (Å²) in [5.41, 5.74) is 3.14. The van der Waals surface area contributed by atoms with E-state index in [0.29, 0.717) is 12.1 Å². The van der Waals surface area contributed by atoms with Crippen molar-refractivity contribution in [3.8, 4) is 0 Å². The monoisotopic (exact) mass is 362 g/mol. The van der Waals surface area contributed by atoms with Crippen molar-refractivity contribution < 1.29 is 9.59 Å². The molecule has 1 aromatic carbocycles. The van der Waals surface area contributed by atoms with Crippen LogP contribution in [0.3, 0.4) is 0 Å². The summed E-state index contributed by atoms with van der Waals surface area (Å²) >= 11 is 0. The standard InChI is InChI=1S/C21H22N4O2/c1-14-18(8-5-13-22-14)25-21(27)15(2)23-20(26)12-11-17-10-9-16-6-3-4-7-19(16)24-17/h3-10,13,15H,11-12H2,1-2H3,(H,23,26)(H,25,27)/t15-/m0/s1. The minimum absolute atomic E-state index is 0.185. The van der Waals surface area contributed by atoms with Crippen molar-refractivity contribution in [1.29, 1.82) is 0 Å². The van der Waals surface area contributed by atoms with E-state index in [0.717, 1.165) is 22.3 Å². The molecule has 0 saturated carbocycles. The Morgan fingerprint density at radius 1 is 1.07 bits per heavy atom. The van der Waals surface area contributed by atoms with Crippen LogP contribution in [0.4, 0.5) is 5.69 Å². The minimum atomic E-state index is -0.637. The van der Waals surface area contributed by atoms with Crippen molar-refractivity contribution in [2.75, 3.05) is 5.32 Å². The summed E-state index contributed by atoms with van der Waals surface area (Å²) in [6.07, 6.45) is 2.46. The molecule has 27 heavy (non-hydrogen) atoms. The van der Waals surface area contributed by atoms with Gasteiger partial charge in [-0.3, -0.25) is 19.6 Å². The smallest absolute Gasteiger partial charge is 0.246 e. The number of nitrogens with zero attached hydrogens (tertiary/aromatic N) is 2. The van der Waals surface area contributed by atoms with Crippen molar-refractivity contribution in [1.82, 2.24) is 15.3 Å². The molecule has 0 spiro atoms. The van der Waals surface area contributed by atoms with E-state index in [-0.39, 0.29) is 18.2 Å². The third-order valence-corrected chi connectivity index (χ3v) is 4.30. The Kier molecular flexibility index (Phi) is 5.76. The molecule has 0 unspecified atom stereocenters. The Labute approximate surface area is 158 Å². The maximum Gasteiger partial charge on any atom is 0.246 e. The van der Waals surface area contributed by atoms with Gasteiger partial charge in [0.25, 0.3) is 0 Å². The van der Waals surface area contributed by atoms with Crippen molar-refractivity contribution in [3.63, 3.8) is 0 Å². The van der Waals surface area contributed by atoms with Gasteiger partial charge in [0.1, 0.15) is 6.04 Å². The highest BCUT2D eigenvalue weighted by Crippen LogP contribution is 2.13. The number of benzene rings is 1. The number of fused-ring (bicyclic) bond motifs is 1. The molecule has 2 aromatic heterocycles. The predicted molar refractivity (Wildman–Crippen MR) is 105 cm³/mol. The molecule has 0 radical (unpaired) electrons. The average molecular weight is 362 g/mol. The fourth-order valence-electron chi connectivity index (χ4n) is 2.73. The molecule has 3 aromatic rings. The van der Waals surface area contributed by atoms with Gasteiger partial charge in [-0.1, -0.05) is 24.3 Å². The molecule has 0 saturated heterocycles. The van der Waals surface area contributed by atoms with E-state index in [9.17, 15) is 9.59 Å². The zero-order valence-electron chi connectivity index (χ0n) is 15.4. The van der Waals surface area contributed by atoms with Crippen LogP contribution in [0.15, 0.2) is 54.7 Å². The zero-order chi connectivity index (χ0) is 19.2. The van der Waals surface area contributed by atoms with E-state index in [4.69, 9.17) is 0 Å². The van der Waals surface area contributed by atoms with Crippen molar-refractivity contribution in [2.24, 2.45) is 0 Å². The van der Waals surface area contributed by atoms with Crippen LogP contribution in [0.1, 0.15) is 24.7 Å². The number of aromatic nitrogens is 2. The van der Waals surface area contributed by atoms with Gasteiger partial charge in [0.05, 0.1) is 16.9 Å². The molecule has 3 rings (SSSR count). The lowest BCUT2D eigenvalue weighted by molar-refractivity contribution is -0.126. The first-order valence-electron chi connectivity index (χ1n) is 8.89. The summed E-state index contributed by atoms with van der Waals surface area (Å²) in [5, 5.41) is 6.58. The summed E-state index contributed by atoms with van der Waals surface area (Å²) in [5.74, 6) is -0.459. The molecule has 0 aliphatic carbocycles.